The van der Waals surface area contributed by atoms with Gasteiger partial charge in [-0.05, 0) is 12.1 Å². The van der Waals surface area contributed by atoms with Gasteiger partial charge in [-0.15, -0.1) is 0 Å². The molecule has 0 saturated heterocycles. The Morgan fingerprint density at radius 2 is 2.27 bits per heavy atom. The number of benzene rings is 1. The van der Waals surface area contributed by atoms with Crippen molar-refractivity contribution in [1.82, 2.24) is 19.9 Å². The second-order valence-corrected chi connectivity index (χ2v) is 6.65. The first kappa shape index (κ1) is 16.6. The van der Waals surface area contributed by atoms with E-state index in [4.69, 9.17) is 9.15 Å². The molecule has 9 heteroatoms. The van der Waals surface area contributed by atoms with Gasteiger partial charge in [0.25, 0.3) is 5.91 Å². The van der Waals surface area contributed by atoms with Gasteiger partial charge in [0.15, 0.2) is 29.0 Å². The van der Waals surface area contributed by atoms with Gasteiger partial charge in [-0.1, -0.05) is 23.9 Å². The van der Waals surface area contributed by atoms with Crippen LogP contribution in [0.25, 0.3) is 0 Å². The van der Waals surface area contributed by atoms with Crippen LogP contribution in [0.4, 0.5) is 4.39 Å². The van der Waals surface area contributed by atoms with Crippen LogP contribution in [0, 0.1) is 5.82 Å². The van der Waals surface area contributed by atoms with Crippen LogP contribution in [-0.4, -0.2) is 26.2 Å². The third kappa shape index (κ3) is 3.57. The van der Waals surface area contributed by atoms with Crippen LogP contribution in [-0.2, 0) is 19.7 Å². The van der Waals surface area contributed by atoms with E-state index in [-0.39, 0.29) is 29.8 Å². The van der Waals surface area contributed by atoms with Crippen molar-refractivity contribution in [3.63, 3.8) is 0 Å². The van der Waals surface area contributed by atoms with Crippen LogP contribution in [0.1, 0.15) is 22.1 Å². The molecular formula is C17H15FN4O3S. The predicted octanol–water partition coefficient (Wildman–Crippen LogP) is 2.62. The lowest BCUT2D eigenvalue weighted by Crippen LogP contribution is -2.23. The number of aromatic nitrogens is 3. The highest BCUT2D eigenvalue weighted by molar-refractivity contribution is 7.99. The zero-order chi connectivity index (χ0) is 17.9. The van der Waals surface area contributed by atoms with E-state index in [1.807, 2.05) is 6.20 Å². The SMILES string of the molecule is O=C(NCc1cn2c(n1)SCC2)c1coc(COc2ccccc2F)n1. The Hall–Kier alpha value is -2.81. The average molecular weight is 374 g/mol. The number of hydrogen-bond donors (Lipinski definition) is 1. The number of ether oxygens (including phenoxy) is 1. The molecule has 0 fully saturated rings. The summed E-state index contributed by atoms with van der Waals surface area (Å²) >= 11 is 1.70. The molecule has 3 aromatic rings. The van der Waals surface area contributed by atoms with Crippen LogP contribution in [0.2, 0.25) is 0 Å². The molecular weight excluding hydrogens is 359 g/mol. The van der Waals surface area contributed by atoms with Crippen molar-refractivity contribution in [3.8, 4) is 5.75 Å². The molecule has 0 spiro atoms. The van der Waals surface area contributed by atoms with Gasteiger partial charge >= 0.3 is 0 Å². The Labute approximate surface area is 152 Å². The molecule has 26 heavy (non-hydrogen) atoms. The number of oxazole rings is 1. The summed E-state index contributed by atoms with van der Waals surface area (Å²) in [6.45, 7) is 1.18. The van der Waals surface area contributed by atoms with Crippen molar-refractivity contribution >= 4 is 17.7 Å². The summed E-state index contributed by atoms with van der Waals surface area (Å²) < 4.78 is 26.1. The first-order chi connectivity index (χ1) is 12.7. The highest BCUT2D eigenvalue weighted by Gasteiger charge is 2.16. The first-order valence-corrected chi connectivity index (χ1v) is 8.96. The highest BCUT2D eigenvalue weighted by Crippen LogP contribution is 2.24. The number of aryl methyl sites for hydroxylation is 1. The van der Waals surface area contributed by atoms with E-state index >= 15 is 0 Å². The van der Waals surface area contributed by atoms with Gasteiger partial charge in [0.1, 0.15) is 6.26 Å². The minimum atomic E-state index is -0.470. The Balaban J connectivity index is 1.31. The topological polar surface area (TPSA) is 82.2 Å². The molecule has 7 nitrogen and oxygen atoms in total. The molecule has 0 atom stereocenters. The zero-order valence-electron chi connectivity index (χ0n) is 13.6. The second kappa shape index (κ2) is 7.20. The lowest BCUT2D eigenvalue weighted by molar-refractivity contribution is 0.0945. The van der Waals surface area contributed by atoms with E-state index in [0.717, 1.165) is 23.1 Å². The molecule has 1 amide bonds. The predicted molar refractivity (Wildman–Crippen MR) is 91.4 cm³/mol. The van der Waals surface area contributed by atoms with E-state index in [1.54, 1.807) is 23.9 Å². The fourth-order valence-electron chi connectivity index (χ4n) is 2.49. The van der Waals surface area contributed by atoms with Gasteiger partial charge in [0.05, 0.1) is 12.2 Å². The van der Waals surface area contributed by atoms with Crippen molar-refractivity contribution in [3.05, 3.63) is 59.8 Å². The molecule has 2 aromatic heterocycles. The number of imidazole rings is 1. The van der Waals surface area contributed by atoms with Gasteiger partial charge in [-0.2, -0.15) is 0 Å². The number of hydrogen-bond acceptors (Lipinski definition) is 6. The molecule has 0 unspecified atom stereocenters. The van der Waals surface area contributed by atoms with Crippen LogP contribution in [0.3, 0.4) is 0 Å². The number of rotatable bonds is 6. The van der Waals surface area contributed by atoms with Crippen LogP contribution in [0.15, 0.2) is 46.3 Å². The fraction of sp³-hybridized carbons (Fsp3) is 0.235. The van der Waals surface area contributed by atoms with Gasteiger partial charge in [0.2, 0.25) is 5.89 Å². The van der Waals surface area contributed by atoms with Crippen LogP contribution in [0.5, 0.6) is 5.75 Å². The Kier molecular flexibility index (Phi) is 4.61. The smallest absolute Gasteiger partial charge is 0.273 e. The highest BCUT2D eigenvalue weighted by atomic mass is 32.2. The molecule has 4 rings (SSSR count). The van der Waals surface area contributed by atoms with Crippen molar-refractivity contribution in [2.75, 3.05) is 5.75 Å². The number of amides is 1. The molecule has 134 valence electrons. The summed E-state index contributed by atoms with van der Waals surface area (Å²) in [5.41, 5.74) is 0.936. The number of fused-ring (bicyclic) bond motifs is 1. The third-order valence-corrected chi connectivity index (χ3v) is 4.73. The van der Waals surface area contributed by atoms with Crippen molar-refractivity contribution in [1.29, 1.82) is 0 Å². The number of thioether (sulfide) groups is 1. The lowest BCUT2D eigenvalue weighted by atomic mass is 10.3. The zero-order valence-corrected chi connectivity index (χ0v) is 14.5. The maximum atomic E-state index is 13.5. The molecule has 0 saturated carbocycles. The quantitative estimate of drug-likeness (QED) is 0.714. The summed E-state index contributed by atoms with van der Waals surface area (Å²) in [6.07, 6.45) is 3.18. The van der Waals surface area contributed by atoms with Gasteiger partial charge in [-0.3, -0.25) is 4.79 Å². The summed E-state index contributed by atoms with van der Waals surface area (Å²) in [4.78, 5) is 20.7. The Bertz CT molecular complexity index is 918. The Morgan fingerprint density at radius 3 is 3.12 bits per heavy atom. The van der Waals surface area contributed by atoms with Gasteiger partial charge in [-0.25, -0.2) is 14.4 Å². The molecule has 0 aliphatic carbocycles. The number of nitrogens with zero attached hydrogens (tertiary/aromatic N) is 3. The number of halogens is 1. The van der Waals surface area contributed by atoms with E-state index < -0.39 is 5.82 Å². The standard InChI is InChI=1S/C17H15FN4O3S/c18-12-3-1-2-4-14(12)24-10-15-21-13(9-25-15)16(23)19-7-11-8-22-5-6-26-17(22)20-11/h1-4,8-9H,5-7,10H2,(H,19,23). The third-order valence-electron chi connectivity index (χ3n) is 3.76. The minimum Gasteiger partial charge on any atom is -0.481 e. The van der Waals surface area contributed by atoms with E-state index in [9.17, 15) is 9.18 Å². The maximum Gasteiger partial charge on any atom is 0.273 e. The molecule has 1 aliphatic heterocycles. The molecule has 0 bridgehead atoms. The number of para-hydroxylation sites is 1. The van der Waals surface area contributed by atoms with Crippen molar-refractivity contribution in [2.24, 2.45) is 0 Å². The normalized spacial score (nSPS) is 12.8. The molecule has 1 aliphatic rings. The summed E-state index contributed by atoms with van der Waals surface area (Å²) in [6, 6.07) is 6.04. The monoisotopic (exact) mass is 374 g/mol. The lowest BCUT2D eigenvalue weighted by Gasteiger charge is -2.03. The van der Waals surface area contributed by atoms with Crippen molar-refractivity contribution < 1.29 is 18.3 Å². The molecule has 0 radical (unpaired) electrons. The number of nitrogens with one attached hydrogen (secondary N) is 1. The van der Waals surface area contributed by atoms with E-state index in [1.165, 1.54) is 18.4 Å². The van der Waals surface area contributed by atoms with Gasteiger partial charge in [0, 0.05) is 18.5 Å². The van der Waals surface area contributed by atoms with Gasteiger partial charge < -0.3 is 19.0 Å². The Morgan fingerprint density at radius 1 is 1.38 bits per heavy atom. The average Bonchev–Trinajstić information content (AvgIpc) is 3.35. The van der Waals surface area contributed by atoms with Crippen LogP contribution < -0.4 is 10.1 Å². The molecule has 1 N–H and O–H groups in total. The summed E-state index contributed by atoms with van der Waals surface area (Å²) in [5.74, 6) is 0.484. The second-order valence-electron chi connectivity index (χ2n) is 5.58. The fourth-order valence-corrected chi connectivity index (χ4v) is 3.45. The summed E-state index contributed by atoms with van der Waals surface area (Å²) in [5, 5.41) is 3.73. The van der Waals surface area contributed by atoms with E-state index in [0.29, 0.717) is 6.54 Å². The largest absolute Gasteiger partial charge is 0.481 e. The minimum absolute atomic E-state index is 0.0702. The van der Waals surface area contributed by atoms with E-state index in [2.05, 4.69) is 19.9 Å². The first-order valence-electron chi connectivity index (χ1n) is 7.98. The molecule has 1 aromatic carbocycles. The summed E-state index contributed by atoms with van der Waals surface area (Å²) in [7, 11) is 0. The van der Waals surface area contributed by atoms with Crippen molar-refractivity contribution in [2.45, 2.75) is 24.9 Å². The number of carbonyl (C=O) groups excluding carboxylic acids is 1. The number of carbonyl (C=O) groups is 1. The maximum absolute atomic E-state index is 13.5. The molecule has 3 heterocycles. The van der Waals surface area contributed by atoms with Crippen LogP contribution >= 0.6 is 11.8 Å².